The van der Waals surface area contributed by atoms with Crippen LogP contribution < -0.4 is 5.73 Å². The van der Waals surface area contributed by atoms with Gasteiger partial charge in [-0.15, -0.1) is 0 Å². The number of amides is 1. The Bertz CT molecular complexity index is 265. The Labute approximate surface area is 91.0 Å². The first-order valence-electron chi connectivity index (χ1n) is 5.51. The van der Waals surface area contributed by atoms with E-state index in [4.69, 9.17) is 11.0 Å². The van der Waals surface area contributed by atoms with Gasteiger partial charge >= 0.3 is 0 Å². The van der Waals surface area contributed by atoms with Crippen molar-refractivity contribution in [2.75, 3.05) is 6.54 Å². The Kier molecular flexibility index (Phi) is 4.10. The standard InChI is InChI=1S/C11H19N3O/c1-8(9(2)13)11(15)14(7-3-6-12)10-4-5-10/h8-10H,3-5,7,13H2,1-2H3. The first-order chi connectivity index (χ1) is 7.07. The number of carbonyl (C=O) groups excluding carboxylic acids is 1. The highest BCUT2D eigenvalue weighted by Crippen LogP contribution is 2.28. The number of nitriles is 1. The Balaban J connectivity index is 2.55. The van der Waals surface area contributed by atoms with Crippen molar-refractivity contribution in [3.63, 3.8) is 0 Å². The van der Waals surface area contributed by atoms with Crippen molar-refractivity contribution in [2.24, 2.45) is 11.7 Å². The number of hydrogen-bond donors (Lipinski definition) is 1. The molecule has 0 aromatic heterocycles. The lowest BCUT2D eigenvalue weighted by Gasteiger charge is -2.26. The summed E-state index contributed by atoms with van der Waals surface area (Å²) in [5.74, 6) is -0.0490. The minimum atomic E-state index is -0.149. The molecule has 1 aliphatic rings. The summed E-state index contributed by atoms with van der Waals surface area (Å²) in [6.07, 6.45) is 2.56. The Morgan fingerprint density at radius 3 is 2.60 bits per heavy atom. The van der Waals surface area contributed by atoms with Gasteiger partial charge in [0.25, 0.3) is 0 Å². The van der Waals surface area contributed by atoms with Crippen LogP contribution in [0.4, 0.5) is 0 Å². The molecule has 0 spiro atoms. The SMILES string of the molecule is CC(N)C(C)C(=O)N(CCC#N)C1CC1. The fraction of sp³-hybridized carbons (Fsp3) is 0.818. The van der Waals surface area contributed by atoms with Gasteiger partial charge in [0.2, 0.25) is 5.91 Å². The maximum Gasteiger partial charge on any atom is 0.227 e. The van der Waals surface area contributed by atoms with E-state index in [1.165, 1.54) is 0 Å². The van der Waals surface area contributed by atoms with Gasteiger partial charge in [0.05, 0.1) is 18.4 Å². The summed E-state index contributed by atoms with van der Waals surface area (Å²) in [4.78, 5) is 13.8. The van der Waals surface area contributed by atoms with Crippen molar-refractivity contribution >= 4 is 5.91 Å². The lowest BCUT2D eigenvalue weighted by atomic mass is 10.0. The minimum Gasteiger partial charge on any atom is -0.338 e. The molecule has 0 radical (unpaired) electrons. The molecule has 0 heterocycles. The average molecular weight is 209 g/mol. The molecule has 0 aromatic carbocycles. The molecule has 2 N–H and O–H groups in total. The third kappa shape index (κ3) is 3.21. The van der Waals surface area contributed by atoms with Gasteiger partial charge in [-0.25, -0.2) is 0 Å². The highest BCUT2D eigenvalue weighted by atomic mass is 16.2. The molecule has 4 heteroatoms. The number of nitrogens with two attached hydrogens (primary N) is 1. The summed E-state index contributed by atoms with van der Waals surface area (Å²) in [6.45, 7) is 4.25. The van der Waals surface area contributed by atoms with E-state index >= 15 is 0 Å². The lowest BCUT2D eigenvalue weighted by Crippen LogP contribution is -2.43. The third-order valence-corrected chi connectivity index (χ3v) is 2.91. The molecular formula is C11H19N3O. The van der Waals surface area contributed by atoms with Crippen LogP contribution in [0.25, 0.3) is 0 Å². The van der Waals surface area contributed by atoms with Crippen LogP contribution in [0.5, 0.6) is 0 Å². The molecule has 0 saturated heterocycles. The molecule has 1 aliphatic carbocycles. The fourth-order valence-electron chi connectivity index (χ4n) is 1.52. The molecule has 15 heavy (non-hydrogen) atoms. The minimum absolute atomic E-state index is 0.0998. The molecule has 84 valence electrons. The van der Waals surface area contributed by atoms with E-state index in [2.05, 4.69) is 6.07 Å². The second-order valence-electron chi connectivity index (χ2n) is 4.32. The van der Waals surface area contributed by atoms with Gasteiger partial charge in [-0.3, -0.25) is 4.79 Å². The van der Waals surface area contributed by atoms with E-state index in [-0.39, 0.29) is 17.9 Å². The zero-order valence-electron chi connectivity index (χ0n) is 9.44. The van der Waals surface area contributed by atoms with Crippen LogP contribution in [0.2, 0.25) is 0 Å². The molecule has 1 amide bonds. The highest BCUT2D eigenvalue weighted by molar-refractivity contribution is 5.79. The van der Waals surface area contributed by atoms with Gasteiger partial charge in [0.1, 0.15) is 0 Å². The van der Waals surface area contributed by atoms with Gasteiger partial charge in [0, 0.05) is 18.6 Å². The number of rotatable bonds is 5. The Hall–Kier alpha value is -1.08. The maximum atomic E-state index is 12.0. The number of hydrogen-bond acceptors (Lipinski definition) is 3. The van der Waals surface area contributed by atoms with E-state index in [1.807, 2.05) is 18.7 Å². The summed E-state index contributed by atoms with van der Waals surface area (Å²) >= 11 is 0. The van der Waals surface area contributed by atoms with Crippen molar-refractivity contribution in [2.45, 2.75) is 45.2 Å². The highest BCUT2D eigenvalue weighted by Gasteiger charge is 2.34. The van der Waals surface area contributed by atoms with Crippen LogP contribution in [0.3, 0.4) is 0 Å². The summed E-state index contributed by atoms with van der Waals surface area (Å²) in [5, 5.41) is 8.53. The van der Waals surface area contributed by atoms with Crippen molar-refractivity contribution in [1.82, 2.24) is 4.90 Å². The van der Waals surface area contributed by atoms with E-state index in [9.17, 15) is 4.79 Å². The van der Waals surface area contributed by atoms with Crippen molar-refractivity contribution < 1.29 is 4.79 Å². The van der Waals surface area contributed by atoms with Crippen molar-refractivity contribution in [1.29, 1.82) is 5.26 Å². The van der Waals surface area contributed by atoms with Crippen LogP contribution in [0, 0.1) is 17.2 Å². The van der Waals surface area contributed by atoms with Crippen molar-refractivity contribution in [3.8, 4) is 6.07 Å². The summed E-state index contributed by atoms with van der Waals surface area (Å²) in [7, 11) is 0. The molecule has 1 saturated carbocycles. The molecule has 2 atom stereocenters. The van der Waals surface area contributed by atoms with E-state index in [0.717, 1.165) is 12.8 Å². The van der Waals surface area contributed by atoms with E-state index in [0.29, 0.717) is 19.0 Å². The van der Waals surface area contributed by atoms with Crippen molar-refractivity contribution in [3.05, 3.63) is 0 Å². The lowest BCUT2D eigenvalue weighted by molar-refractivity contribution is -0.136. The smallest absolute Gasteiger partial charge is 0.227 e. The normalized spacial score (nSPS) is 19.1. The zero-order chi connectivity index (χ0) is 11.4. The van der Waals surface area contributed by atoms with Crippen LogP contribution in [0.1, 0.15) is 33.1 Å². The summed E-state index contributed by atoms with van der Waals surface area (Å²) < 4.78 is 0. The molecule has 4 nitrogen and oxygen atoms in total. The van der Waals surface area contributed by atoms with Gasteiger partial charge in [-0.1, -0.05) is 6.92 Å². The third-order valence-electron chi connectivity index (χ3n) is 2.91. The Morgan fingerprint density at radius 2 is 2.20 bits per heavy atom. The predicted molar refractivity (Wildman–Crippen MR) is 57.8 cm³/mol. The van der Waals surface area contributed by atoms with E-state index in [1.54, 1.807) is 0 Å². The molecule has 0 aromatic rings. The van der Waals surface area contributed by atoms with Crippen LogP contribution in [-0.2, 0) is 4.79 Å². The van der Waals surface area contributed by atoms with Crippen LogP contribution in [0.15, 0.2) is 0 Å². The number of nitrogens with zero attached hydrogens (tertiary/aromatic N) is 2. The van der Waals surface area contributed by atoms with E-state index < -0.39 is 0 Å². The molecule has 0 aliphatic heterocycles. The molecule has 2 unspecified atom stereocenters. The first kappa shape index (κ1) is 12.0. The van der Waals surface area contributed by atoms with Gasteiger partial charge < -0.3 is 10.6 Å². The topological polar surface area (TPSA) is 70.1 Å². The monoisotopic (exact) mass is 209 g/mol. The second-order valence-corrected chi connectivity index (χ2v) is 4.32. The summed E-state index contributed by atoms with van der Waals surface area (Å²) in [6, 6.07) is 2.32. The molecule has 0 bridgehead atoms. The largest absolute Gasteiger partial charge is 0.338 e. The van der Waals surface area contributed by atoms with Gasteiger partial charge in [-0.05, 0) is 19.8 Å². The molecular weight excluding hydrogens is 190 g/mol. The predicted octanol–water partition coefficient (Wildman–Crippen LogP) is 0.874. The van der Waals surface area contributed by atoms with Crippen LogP contribution >= 0.6 is 0 Å². The zero-order valence-corrected chi connectivity index (χ0v) is 9.44. The average Bonchev–Trinajstić information content (AvgIpc) is 3.00. The Morgan fingerprint density at radius 1 is 1.60 bits per heavy atom. The first-order valence-corrected chi connectivity index (χ1v) is 5.51. The van der Waals surface area contributed by atoms with Gasteiger partial charge in [-0.2, -0.15) is 5.26 Å². The fourth-order valence-corrected chi connectivity index (χ4v) is 1.52. The molecule has 1 rings (SSSR count). The van der Waals surface area contributed by atoms with Crippen LogP contribution in [-0.4, -0.2) is 29.4 Å². The maximum absolute atomic E-state index is 12.0. The second kappa shape index (κ2) is 5.13. The quantitative estimate of drug-likeness (QED) is 0.730. The summed E-state index contributed by atoms with van der Waals surface area (Å²) in [5.41, 5.74) is 5.71. The number of carbonyl (C=O) groups is 1. The van der Waals surface area contributed by atoms with Gasteiger partial charge in [0.15, 0.2) is 0 Å². The molecule has 1 fully saturated rings.